The maximum absolute atomic E-state index is 12.8. The normalized spacial score (nSPS) is 14.2. The lowest BCUT2D eigenvalue weighted by molar-refractivity contribution is -0.116. The number of methoxy groups -OCH3 is 1. The fraction of sp³-hybridized carbons (Fsp3) is 0.263. The number of hydrogen-bond donors (Lipinski definition) is 0. The molecule has 1 fully saturated rings. The Morgan fingerprint density at radius 3 is 2.82 bits per heavy atom. The number of urea groups is 1. The molecule has 3 heterocycles. The molecule has 0 saturated carbocycles. The standard InChI is InChI=1S/C19H19N5O4/c1-13-15(7-21-28-13)10-23-11-16(8-20-23)24-18(25)12-22(19(24)26)9-14-4-3-5-17(6-14)27-2/h3-8,11H,9-10,12H2,1-2H3. The Labute approximate surface area is 161 Å². The SMILES string of the molecule is COc1cccc(CN2CC(=O)N(c3cnn(Cc4cnoc4C)c3)C2=O)c1. The molecule has 0 radical (unpaired) electrons. The summed E-state index contributed by atoms with van der Waals surface area (Å²) in [4.78, 5) is 27.9. The number of rotatable bonds is 6. The van der Waals surface area contributed by atoms with E-state index in [2.05, 4.69) is 10.3 Å². The quantitative estimate of drug-likeness (QED) is 0.608. The Kier molecular flexibility index (Phi) is 4.56. The van der Waals surface area contributed by atoms with Gasteiger partial charge in [-0.05, 0) is 24.6 Å². The van der Waals surface area contributed by atoms with Gasteiger partial charge in [0.2, 0.25) is 0 Å². The van der Waals surface area contributed by atoms with Gasteiger partial charge in [0, 0.05) is 18.3 Å². The van der Waals surface area contributed by atoms with Crippen LogP contribution >= 0.6 is 0 Å². The van der Waals surface area contributed by atoms with E-state index in [4.69, 9.17) is 9.26 Å². The van der Waals surface area contributed by atoms with E-state index in [1.807, 2.05) is 31.2 Å². The van der Waals surface area contributed by atoms with Gasteiger partial charge in [-0.25, -0.2) is 9.69 Å². The lowest BCUT2D eigenvalue weighted by Gasteiger charge is -2.16. The van der Waals surface area contributed by atoms with Gasteiger partial charge < -0.3 is 14.2 Å². The predicted octanol–water partition coefficient (Wildman–Crippen LogP) is 2.21. The highest BCUT2D eigenvalue weighted by atomic mass is 16.5. The van der Waals surface area contributed by atoms with Crippen LogP contribution in [0.5, 0.6) is 5.75 Å². The van der Waals surface area contributed by atoms with Gasteiger partial charge in [-0.2, -0.15) is 5.10 Å². The highest BCUT2D eigenvalue weighted by Crippen LogP contribution is 2.23. The third-order valence-corrected chi connectivity index (χ3v) is 4.61. The minimum absolute atomic E-state index is 0.0198. The van der Waals surface area contributed by atoms with Gasteiger partial charge in [-0.1, -0.05) is 17.3 Å². The van der Waals surface area contributed by atoms with Crippen LogP contribution in [0, 0.1) is 6.92 Å². The van der Waals surface area contributed by atoms with Gasteiger partial charge in [0.15, 0.2) is 0 Å². The van der Waals surface area contributed by atoms with E-state index in [-0.39, 0.29) is 18.5 Å². The molecule has 0 unspecified atom stereocenters. The molecule has 2 aromatic heterocycles. The highest BCUT2D eigenvalue weighted by Gasteiger charge is 2.37. The molecule has 1 saturated heterocycles. The summed E-state index contributed by atoms with van der Waals surface area (Å²) in [6.45, 7) is 2.61. The molecular formula is C19H19N5O4. The fourth-order valence-electron chi connectivity index (χ4n) is 3.12. The number of amides is 3. The van der Waals surface area contributed by atoms with Gasteiger partial charge in [0.1, 0.15) is 18.1 Å². The number of imide groups is 1. The topological polar surface area (TPSA) is 93.7 Å². The summed E-state index contributed by atoms with van der Waals surface area (Å²) in [6.07, 6.45) is 4.80. The van der Waals surface area contributed by atoms with Crippen molar-refractivity contribution in [2.45, 2.75) is 20.0 Å². The van der Waals surface area contributed by atoms with Gasteiger partial charge in [-0.3, -0.25) is 9.48 Å². The Morgan fingerprint density at radius 2 is 2.07 bits per heavy atom. The van der Waals surface area contributed by atoms with E-state index < -0.39 is 0 Å². The summed E-state index contributed by atoms with van der Waals surface area (Å²) in [5.74, 6) is 1.13. The number of carbonyl (C=O) groups excluding carboxylic acids is 2. The molecule has 0 bridgehead atoms. The van der Waals surface area contributed by atoms with Crippen molar-refractivity contribution in [3.8, 4) is 5.75 Å². The number of aromatic nitrogens is 3. The van der Waals surface area contributed by atoms with E-state index in [0.717, 1.165) is 16.0 Å². The molecule has 4 rings (SSSR count). The van der Waals surface area contributed by atoms with E-state index >= 15 is 0 Å². The molecule has 1 aromatic carbocycles. The second kappa shape index (κ2) is 7.18. The Bertz CT molecular complexity index is 1020. The van der Waals surface area contributed by atoms with Crippen molar-refractivity contribution in [1.29, 1.82) is 0 Å². The lowest BCUT2D eigenvalue weighted by atomic mass is 10.2. The minimum Gasteiger partial charge on any atom is -0.497 e. The van der Waals surface area contributed by atoms with E-state index in [0.29, 0.717) is 30.3 Å². The summed E-state index contributed by atoms with van der Waals surface area (Å²) < 4.78 is 11.9. The second-order valence-electron chi connectivity index (χ2n) is 6.52. The Morgan fingerprint density at radius 1 is 1.21 bits per heavy atom. The van der Waals surface area contributed by atoms with Crippen LogP contribution in [0.25, 0.3) is 0 Å². The van der Waals surface area contributed by atoms with Gasteiger partial charge >= 0.3 is 6.03 Å². The molecular weight excluding hydrogens is 362 g/mol. The molecule has 1 aliphatic heterocycles. The van der Waals surface area contributed by atoms with Crippen molar-refractivity contribution in [2.75, 3.05) is 18.6 Å². The summed E-state index contributed by atoms with van der Waals surface area (Å²) in [6, 6.07) is 7.05. The molecule has 0 N–H and O–H groups in total. The Balaban J connectivity index is 1.49. The zero-order valence-corrected chi connectivity index (χ0v) is 15.5. The van der Waals surface area contributed by atoms with Gasteiger partial charge in [0.05, 0.1) is 31.7 Å². The van der Waals surface area contributed by atoms with Crippen LogP contribution in [0.3, 0.4) is 0 Å². The zero-order chi connectivity index (χ0) is 19.7. The van der Waals surface area contributed by atoms with Crippen molar-refractivity contribution in [2.24, 2.45) is 0 Å². The average molecular weight is 381 g/mol. The fourth-order valence-corrected chi connectivity index (χ4v) is 3.12. The molecule has 3 amide bonds. The number of hydrogen-bond acceptors (Lipinski definition) is 6. The average Bonchev–Trinajstić information content (AvgIpc) is 3.37. The first-order valence-electron chi connectivity index (χ1n) is 8.72. The van der Waals surface area contributed by atoms with Crippen molar-refractivity contribution in [1.82, 2.24) is 19.8 Å². The first-order chi connectivity index (χ1) is 13.5. The molecule has 144 valence electrons. The van der Waals surface area contributed by atoms with E-state index in [9.17, 15) is 9.59 Å². The van der Waals surface area contributed by atoms with Crippen LogP contribution in [0.1, 0.15) is 16.9 Å². The first-order valence-corrected chi connectivity index (χ1v) is 8.72. The number of anilines is 1. The van der Waals surface area contributed by atoms with Crippen molar-refractivity contribution >= 4 is 17.6 Å². The number of carbonyl (C=O) groups is 2. The van der Waals surface area contributed by atoms with E-state index in [1.165, 1.54) is 11.1 Å². The molecule has 3 aromatic rings. The zero-order valence-electron chi connectivity index (χ0n) is 15.5. The van der Waals surface area contributed by atoms with Crippen LogP contribution in [0.15, 0.2) is 47.4 Å². The first kappa shape index (κ1) is 17.8. The van der Waals surface area contributed by atoms with Crippen LogP contribution in [0.2, 0.25) is 0 Å². The summed E-state index contributed by atoms with van der Waals surface area (Å²) in [5.41, 5.74) is 2.21. The number of ether oxygens (including phenoxy) is 1. The summed E-state index contributed by atoms with van der Waals surface area (Å²) >= 11 is 0. The molecule has 0 atom stereocenters. The smallest absolute Gasteiger partial charge is 0.332 e. The largest absolute Gasteiger partial charge is 0.497 e. The molecule has 0 spiro atoms. The summed E-state index contributed by atoms with van der Waals surface area (Å²) in [7, 11) is 1.59. The van der Waals surface area contributed by atoms with Gasteiger partial charge in [0.25, 0.3) is 5.91 Å². The molecule has 9 heteroatoms. The van der Waals surface area contributed by atoms with Crippen LogP contribution in [0.4, 0.5) is 10.5 Å². The number of aryl methyl sites for hydroxylation is 1. The summed E-state index contributed by atoms with van der Waals surface area (Å²) in [5, 5.41) is 7.98. The maximum atomic E-state index is 12.8. The molecule has 9 nitrogen and oxygen atoms in total. The predicted molar refractivity (Wildman–Crippen MR) is 98.9 cm³/mol. The number of benzene rings is 1. The third-order valence-electron chi connectivity index (χ3n) is 4.61. The highest BCUT2D eigenvalue weighted by molar-refractivity contribution is 6.19. The van der Waals surface area contributed by atoms with Crippen LogP contribution < -0.4 is 9.64 Å². The maximum Gasteiger partial charge on any atom is 0.332 e. The monoisotopic (exact) mass is 381 g/mol. The van der Waals surface area contributed by atoms with Crippen molar-refractivity contribution < 1.29 is 18.8 Å². The van der Waals surface area contributed by atoms with E-state index in [1.54, 1.807) is 24.2 Å². The lowest BCUT2D eigenvalue weighted by Crippen LogP contribution is -2.32. The minimum atomic E-state index is -0.367. The van der Waals surface area contributed by atoms with Gasteiger partial charge in [-0.15, -0.1) is 0 Å². The Hall–Kier alpha value is -3.62. The van der Waals surface area contributed by atoms with Crippen molar-refractivity contribution in [3.05, 3.63) is 59.7 Å². The molecule has 1 aliphatic rings. The van der Waals surface area contributed by atoms with Crippen LogP contribution in [-0.4, -0.2) is 45.4 Å². The van der Waals surface area contributed by atoms with Crippen molar-refractivity contribution in [3.63, 3.8) is 0 Å². The molecule has 0 aliphatic carbocycles. The molecule has 28 heavy (non-hydrogen) atoms. The second-order valence-corrected chi connectivity index (χ2v) is 6.52. The van der Waals surface area contributed by atoms with Crippen LogP contribution in [-0.2, 0) is 17.9 Å². The third kappa shape index (κ3) is 3.34. The number of nitrogens with zero attached hydrogens (tertiary/aromatic N) is 5.